The van der Waals surface area contributed by atoms with Crippen molar-refractivity contribution in [3.63, 3.8) is 0 Å². The second-order valence-electron chi connectivity index (χ2n) is 12.9. The molecule has 0 aliphatic rings. The van der Waals surface area contributed by atoms with E-state index >= 15 is 0 Å². The Kier molecular flexibility index (Phi) is 14.8. The molecule has 1 heterocycles. The lowest BCUT2D eigenvalue weighted by atomic mass is 10.0. The molecule has 13 N–H and O–H groups in total. The van der Waals surface area contributed by atoms with E-state index in [1.54, 1.807) is 44.3 Å². The molecule has 0 aliphatic carbocycles. The van der Waals surface area contributed by atoms with Crippen LogP contribution in [0.5, 0.6) is 5.75 Å². The highest BCUT2D eigenvalue weighted by molar-refractivity contribution is 5.97. The van der Waals surface area contributed by atoms with Crippen LogP contribution in [0.2, 0.25) is 0 Å². The van der Waals surface area contributed by atoms with Gasteiger partial charge in [0.15, 0.2) is 0 Å². The van der Waals surface area contributed by atoms with Crippen molar-refractivity contribution in [1.29, 1.82) is 0 Å². The number of hydrogen-bond donors (Lipinski definition) is 11. The molecule has 0 saturated carbocycles. The van der Waals surface area contributed by atoms with E-state index in [-0.39, 0.29) is 18.6 Å². The van der Waals surface area contributed by atoms with Crippen molar-refractivity contribution in [3.8, 4) is 5.75 Å². The number of primary amides is 1. The molecule has 0 unspecified atom stereocenters. The molecule has 0 spiro atoms. The zero-order chi connectivity index (χ0) is 39.4. The fourth-order valence-corrected chi connectivity index (χ4v) is 5.35. The second kappa shape index (κ2) is 19.0. The molecule has 286 valence electrons. The maximum Gasteiger partial charge on any atom is 0.326 e. The molecule has 2 aromatic carbocycles. The lowest BCUT2D eigenvalue weighted by Gasteiger charge is -2.28. The number of aliphatic carboxylic acids is 1. The zero-order valence-electron chi connectivity index (χ0n) is 29.4. The van der Waals surface area contributed by atoms with Crippen molar-refractivity contribution in [2.75, 3.05) is 6.54 Å². The number of aromatic hydroxyl groups is 1. The third-order valence-corrected chi connectivity index (χ3v) is 8.23. The van der Waals surface area contributed by atoms with Gasteiger partial charge in [-0.05, 0) is 48.6 Å². The summed E-state index contributed by atoms with van der Waals surface area (Å²) in [5, 5.41) is 42.1. The number of carbonyl (C=O) groups is 7. The van der Waals surface area contributed by atoms with Crippen LogP contribution in [0.4, 0.5) is 0 Å². The largest absolute Gasteiger partial charge is 0.508 e. The molecule has 0 saturated heterocycles. The number of aromatic nitrogens is 1. The topological polar surface area (TPSA) is 308 Å². The van der Waals surface area contributed by atoms with E-state index in [9.17, 15) is 48.9 Å². The fourth-order valence-electron chi connectivity index (χ4n) is 5.35. The second-order valence-corrected chi connectivity index (χ2v) is 12.9. The number of aliphatic hydroxyl groups is 1. The predicted octanol–water partition coefficient (Wildman–Crippen LogP) is -1.96. The first-order valence-electron chi connectivity index (χ1n) is 16.7. The summed E-state index contributed by atoms with van der Waals surface area (Å²) >= 11 is 0. The molecule has 1 aromatic heterocycles. The van der Waals surface area contributed by atoms with E-state index in [0.717, 1.165) is 10.9 Å². The fraction of sp³-hybridized carbons (Fsp3) is 0.400. The maximum atomic E-state index is 13.4. The molecule has 0 bridgehead atoms. The van der Waals surface area contributed by atoms with E-state index in [1.807, 2.05) is 12.1 Å². The third-order valence-electron chi connectivity index (χ3n) is 8.23. The van der Waals surface area contributed by atoms with E-state index in [0.29, 0.717) is 11.1 Å². The molecule has 0 aliphatic heterocycles. The van der Waals surface area contributed by atoms with Crippen LogP contribution in [0.25, 0.3) is 10.9 Å². The Morgan fingerprint density at radius 3 is 2.02 bits per heavy atom. The standard InChI is InChI=1S/C35H46N8O10/c1-17(2)29(42-32(49)25(14-27(37)46)41-31(48)23(36)12-19-8-10-21(45)11-9-19)34(51)43-30(18(3)44)33(50)39-16-28(47)40-26(35(52)53)13-20-15-38-24-7-5-4-6-22(20)24/h4-11,15,17-18,23,25-26,29-30,38,44-45H,12-14,16,36H2,1-3H3,(H2,37,46)(H,39,50)(H,40,47)(H,41,48)(H,42,49)(H,43,51)(H,52,53)/t18-,23+,25+,26+,29+,30+/m1/s1. The Labute approximate surface area is 304 Å². The van der Waals surface area contributed by atoms with Crippen LogP contribution in [0.3, 0.4) is 0 Å². The van der Waals surface area contributed by atoms with E-state index in [4.69, 9.17) is 11.5 Å². The van der Waals surface area contributed by atoms with Crippen molar-refractivity contribution in [3.05, 3.63) is 65.9 Å². The highest BCUT2D eigenvalue weighted by Crippen LogP contribution is 2.19. The SMILES string of the molecule is CC(C)[C@H](NC(=O)[C@H](CC(N)=O)NC(=O)[C@@H](N)Cc1ccc(O)cc1)C(=O)N[C@H](C(=O)NCC(=O)N[C@@H](Cc1c[nH]c2ccccc12)C(=O)O)[C@@H](C)O. The number of carboxylic acid groups (broad SMARTS) is 1. The number of para-hydroxylation sites is 1. The van der Waals surface area contributed by atoms with Gasteiger partial charge >= 0.3 is 5.97 Å². The van der Waals surface area contributed by atoms with Gasteiger partial charge in [-0.3, -0.25) is 28.8 Å². The van der Waals surface area contributed by atoms with Crippen LogP contribution in [-0.2, 0) is 46.4 Å². The average molecular weight is 739 g/mol. The minimum absolute atomic E-state index is 0.0149. The first-order chi connectivity index (χ1) is 25.0. The van der Waals surface area contributed by atoms with E-state index in [2.05, 4.69) is 31.6 Å². The average Bonchev–Trinajstić information content (AvgIpc) is 3.50. The summed E-state index contributed by atoms with van der Waals surface area (Å²) in [4.78, 5) is 91.9. The number of amides is 6. The van der Waals surface area contributed by atoms with E-state index in [1.165, 1.54) is 19.1 Å². The van der Waals surface area contributed by atoms with Crippen molar-refractivity contribution < 1.29 is 48.9 Å². The van der Waals surface area contributed by atoms with Crippen LogP contribution in [0.1, 0.15) is 38.3 Å². The predicted molar refractivity (Wildman–Crippen MR) is 190 cm³/mol. The van der Waals surface area contributed by atoms with Crippen molar-refractivity contribution in [1.82, 2.24) is 31.6 Å². The summed E-state index contributed by atoms with van der Waals surface area (Å²) in [6.07, 6.45) is -0.506. The van der Waals surface area contributed by atoms with Gasteiger partial charge in [-0.25, -0.2) is 4.79 Å². The Hall–Kier alpha value is -6.01. The zero-order valence-corrected chi connectivity index (χ0v) is 29.4. The molecule has 18 heteroatoms. The number of phenols is 1. The number of benzene rings is 2. The minimum atomic E-state index is -1.62. The molecule has 3 rings (SSSR count). The Morgan fingerprint density at radius 1 is 0.774 bits per heavy atom. The van der Waals surface area contributed by atoms with Gasteiger partial charge in [0.25, 0.3) is 0 Å². The molecule has 6 atom stereocenters. The van der Waals surface area contributed by atoms with Crippen LogP contribution in [-0.4, -0.2) is 105 Å². The van der Waals surface area contributed by atoms with Gasteiger partial charge in [0.05, 0.1) is 25.1 Å². The molecule has 0 fully saturated rings. The normalized spacial score (nSPS) is 14.5. The number of rotatable bonds is 19. The highest BCUT2D eigenvalue weighted by atomic mass is 16.4. The number of nitrogens with two attached hydrogens (primary N) is 2. The number of aromatic amines is 1. The first-order valence-corrected chi connectivity index (χ1v) is 16.7. The number of fused-ring (bicyclic) bond motifs is 1. The number of carbonyl (C=O) groups excluding carboxylic acids is 6. The van der Waals surface area contributed by atoms with Gasteiger partial charge in [0.1, 0.15) is 29.9 Å². The summed E-state index contributed by atoms with van der Waals surface area (Å²) in [7, 11) is 0. The third kappa shape index (κ3) is 12.3. The van der Waals surface area contributed by atoms with Crippen molar-refractivity contribution in [2.45, 2.75) is 76.3 Å². The Balaban J connectivity index is 1.61. The summed E-state index contributed by atoms with van der Waals surface area (Å²) in [5.74, 6) is -7.36. The lowest BCUT2D eigenvalue weighted by Crippen LogP contribution is -2.61. The van der Waals surface area contributed by atoms with Gasteiger partial charge < -0.3 is 58.4 Å². The monoisotopic (exact) mass is 738 g/mol. The quantitative estimate of drug-likeness (QED) is 0.0642. The summed E-state index contributed by atoms with van der Waals surface area (Å²) in [6.45, 7) is 3.64. The minimum Gasteiger partial charge on any atom is -0.508 e. The number of nitrogens with one attached hydrogen (secondary N) is 6. The summed E-state index contributed by atoms with van der Waals surface area (Å²) < 4.78 is 0. The molecule has 18 nitrogen and oxygen atoms in total. The number of hydrogen-bond acceptors (Lipinski definition) is 10. The van der Waals surface area contributed by atoms with Crippen molar-refractivity contribution in [2.24, 2.45) is 17.4 Å². The van der Waals surface area contributed by atoms with Gasteiger partial charge in [-0.15, -0.1) is 0 Å². The number of phenolic OH excluding ortho intramolecular Hbond substituents is 1. The highest BCUT2D eigenvalue weighted by Gasteiger charge is 2.34. The molecular weight excluding hydrogens is 692 g/mol. The first kappa shape index (κ1) is 41.4. The summed E-state index contributed by atoms with van der Waals surface area (Å²) in [6, 6.07) is 6.17. The molecule has 6 amide bonds. The van der Waals surface area contributed by atoms with Crippen molar-refractivity contribution >= 4 is 52.3 Å². The van der Waals surface area contributed by atoms with Crippen LogP contribution in [0, 0.1) is 5.92 Å². The number of carboxylic acids is 1. The molecule has 0 radical (unpaired) electrons. The maximum absolute atomic E-state index is 13.4. The molecule has 3 aromatic rings. The number of H-pyrrole nitrogens is 1. The van der Waals surface area contributed by atoms with Crippen LogP contribution in [0.15, 0.2) is 54.7 Å². The smallest absolute Gasteiger partial charge is 0.326 e. The number of aliphatic hydroxyl groups excluding tert-OH is 1. The van der Waals surface area contributed by atoms with Crippen LogP contribution < -0.4 is 38.1 Å². The summed E-state index contributed by atoms with van der Waals surface area (Å²) in [5.41, 5.74) is 13.4. The van der Waals surface area contributed by atoms with Crippen LogP contribution >= 0.6 is 0 Å². The van der Waals surface area contributed by atoms with E-state index < -0.39 is 96.6 Å². The van der Waals surface area contributed by atoms with Gasteiger partial charge in [0, 0.05) is 23.5 Å². The lowest BCUT2D eigenvalue weighted by molar-refractivity contribution is -0.141. The Bertz CT molecular complexity index is 1790. The Morgan fingerprint density at radius 2 is 1.42 bits per heavy atom. The molecule has 53 heavy (non-hydrogen) atoms. The van der Waals surface area contributed by atoms with Gasteiger partial charge in [-0.2, -0.15) is 0 Å². The van der Waals surface area contributed by atoms with Gasteiger partial charge in [0.2, 0.25) is 35.4 Å². The van der Waals surface area contributed by atoms with Gasteiger partial charge in [-0.1, -0.05) is 44.2 Å². The molecular formula is C35H46N8O10.